The second-order valence-electron chi connectivity index (χ2n) is 5.60. The number of carbonyl (C=O) groups excluding carboxylic acids is 1. The second kappa shape index (κ2) is 7.12. The fourth-order valence-electron chi connectivity index (χ4n) is 2.86. The van der Waals surface area contributed by atoms with E-state index in [9.17, 15) is 4.79 Å². The molecule has 0 radical (unpaired) electrons. The van der Waals surface area contributed by atoms with Crippen molar-refractivity contribution in [3.8, 4) is 6.07 Å². The summed E-state index contributed by atoms with van der Waals surface area (Å²) in [5.41, 5.74) is 2.76. The summed E-state index contributed by atoms with van der Waals surface area (Å²) < 4.78 is 5.13. The summed E-state index contributed by atoms with van der Waals surface area (Å²) in [7, 11) is 0. The Morgan fingerprint density at radius 1 is 1.48 bits per heavy atom. The minimum Gasteiger partial charge on any atom is -0.466 e. The molecular weight excluding hydrogens is 264 g/mol. The first-order valence-corrected chi connectivity index (χ1v) is 7.58. The Labute approximate surface area is 126 Å². The van der Waals surface area contributed by atoms with E-state index < -0.39 is 0 Å². The third kappa shape index (κ3) is 3.98. The van der Waals surface area contributed by atoms with Crippen LogP contribution in [0.3, 0.4) is 0 Å². The number of aryl methyl sites for hydroxylation is 1. The van der Waals surface area contributed by atoms with Gasteiger partial charge in [-0.25, -0.2) is 0 Å². The van der Waals surface area contributed by atoms with Crippen LogP contribution in [0.2, 0.25) is 0 Å². The molecule has 1 aliphatic carbocycles. The van der Waals surface area contributed by atoms with Gasteiger partial charge in [0.1, 0.15) is 0 Å². The van der Waals surface area contributed by atoms with E-state index in [0.29, 0.717) is 12.2 Å². The second-order valence-corrected chi connectivity index (χ2v) is 5.60. The SMILES string of the molecule is CCOC(=O)C1CCCC(Nc2cc(C#N)ccc2C)C1. The largest absolute Gasteiger partial charge is 0.466 e. The van der Waals surface area contributed by atoms with Crippen molar-refractivity contribution in [3.05, 3.63) is 29.3 Å². The van der Waals surface area contributed by atoms with Crippen molar-refractivity contribution in [1.82, 2.24) is 0 Å². The maximum Gasteiger partial charge on any atom is 0.308 e. The van der Waals surface area contributed by atoms with Crippen LogP contribution in [-0.4, -0.2) is 18.6 Å². The molecule has 4 nitrogen and oxygen atoms in total. The van der Waals surface area contributed by atoms with E-state index >= 15 is 0 Å². The molecule has 0 bridgehead atoms. The first kappa shape index (κ1) is 15.4. The highest BCUT2D eigenvalue weighted by Gasteiger charge is 2.28. The molecule has 1 N–H and O–H groups in total. The van der Waals surface area contributed by atoms with Crippen LogP contribution in [-0.2, 0) is 9.53 Å². The van der Waals surface area contributed by atoms with E-state index in [1.54, 1.807) is 0 Å². The van der Waals surface area contributed by atoms with E-state index in [-0.39, 0.29) is 17.9 Å². The molecular formula is C17H22N2O2. The fraction of sp³-hybridized carbons (Fsp3) is 0.529. The Balaban J connectivity index is 2.03. The van der Waals surface area contributed by atoms with Gasteiger partial charge in [-0.2, -0.15) is 5.26 Å². The molecule has 4 heteroatoms. The van der Waals surface area contributed by atoms with Crippen LogP contribution in [0.1, 0.15) is 43.7 Å². The van der Waals surface area contributed by atoms with Gasteiger partial charge in [-0.1, -0.05) is 12.5 Å². The molecule has 1 fully saturated rings. The topological polar surface area (TPSA) is 62.1 Å². The van der Waals surface area contributed by atoms with Gasteiger partial charge in [0.25, 0.3) is 0 Å². The number of anilines is 1. The Morgan fingerprint density at radius 2 is 2.29 bits per heavy atom. The van der Waals surface area contributed by atoms with Gasteiger partial charge in [0, 0.05) is 11.7 Å². The molecule has 0 amide bonds. The average Bonchev–Trinajstić information content (AvgIpc) is 2.50. The molecule has 0 saturated heterocycles. The monoisotopic (exact) mass is 286 g/mol. The minimum atomic E-state index is -0.0773. The lowest BCUT2D eigenvalue weighted by Crippen LogP contribution is -2.32. The summed E-state index contributed by atoms with van der Waals surface area (Å²) in [4.78, 5) is 11.9. The van der Waals surface area contributed by atoms with E-state index in [4.69, 9.17) is 10.00 Å². The molecule has 1 aromatic carbocycles. The minimum absolute atomic E-state index is 0.00402. The van der Waals surface area contributed by atoms with Gasteiger partial charge < -0.3 is 10.1 Å². The molecule has 112 valence electrons. The predicted molar refractivity (Wildman–Crippen MR) is 81.9 cm³/mol. The third-order valence-electron chi connectivity index (χ3n) is 4.02. The van der Waals surface area contributed by atoms with Crippen LogP contribution >= 0.6 is 0 Å². The van der Waals surface area contributed by atoms with Crippen molar-refractivity contribution in [1.29, 1.82) is 5.26 Å². The van der Waals surface area contributed by atoms with Gasteiger partial charge in [0.15, 0.2) is 0 Å². The maximum atomic E-state index is 11.9. The molecule has 1 saturated carbocycles. The molecule has 0 aliphatic heterocycles. The first-order chi connectivity index (χ1) is 10.1. The molecule has 21 heavy (non-hydrogen) atoms. The fourth-order valence-corrected chi connectivity index (χ4v) is 2.86. The lowest BCUT2D eigenvalue weighted by Gasteiger charge is -2.29. The van der Waals surface area contributed by atoms with Gasteiger partial charge in [0.2, 0.25) is 0 Å². The van der Waals surface area contributed by atoms with Crippen LogP contribution < -0.4 is 5.32 Å². The molecule has 0 spiro atoms. The van der Waals surface area contributed by atoms with Crippen LogP contribution in [0.5, 0.6) is 0 Å². The standard InChI is InChI=1S/C17H22N2O2/c1-3-21-17(20)14-5-4-6-15(10-14)19-16-9-13(11-18)8-7-12(16)2/h7-9,14-15,19H,3-6,10H2,1-2H3. The Kier molecular flexibility index (Phi) is 5.21. The molecule has 2 unspecified atom stereocenters. The molecule has 0 heterocycles. The van der Waals surface area contributed by atoms with Crippen molar-refractivity contribution in [3.63, 3.8) is 0 Å². The van der Waals surface area contributed by atoms with Gasteiger partial charge in [-0.3, -0.25) is 4.79 Å². The molecule has 2 rings (SSSR count). The van der Waals surface area contributed by atoms with Gasteiger partial charge in [-0.05, 0) is 50.8 Å². The summed E-state index contributed by atoms with van der Waals surface area (Å²) in [6, 6.07) is 8.08. The van der Waals surface area contributed by atoms with E-state index in [1.807, 2.05) is 32.0 Å². The summed E-state index contributed by atoms with van der Waals surface area (Å²) in [6.45, 7) is 4.30. The zero-order valence-corrected chi connectivity index (χ0v) is 12.7. The first-order valence-electron chi connectivity index (χ1n) is 7.58. The van der Waals surface area contributed by atoms with Gasteiger partial charge in [-0.15, -0.1) is 0 Å². The lowest BCUT2D eigenvalue weighted by atomic mass is 9.85. The molecule has 2 atom stereocenters. The number of benzene rings is 1. The van der Waals surface area contributed by atoms with Crippen molar-refractivity contribution in [2.24, 2.45) is 5.92 Å². The van der Waals surface area contributed by atoms with Crippen LogP contribution in [0, 0.1) is 24.2 Å². The van der Waals surface area contributed by atoms with E-state index in [1.165, 1.54) is 0 Å². The number of nitrogens with zero attached hydrogens (tertiary/aromatic N) is 1. The number of nitrogens with one attached hydrogen (secondary N) is 1. The van der Waals surface area contributed by atoms with Gasteiger partial charge in [0.05, 0.1) is 24.2 Å². The van der Waals surface area contributed by atoms with Crippen molar-refractivity contribution in [2.75, 3.05) is 11.9 Å². The Morgan fingerprint density at radius 3 is 3.00 bits per heavy atom. The summed E-state index contributed by atoms with van der Waals surface area (Å²) in [5, 5.41) is 12.5. The number of nitriles is 1. The molecule has 1 aliphatic rings. The quantitative estimate of drug-likeness (QED) is 0.862. The zero-order chi connectivity index (χ0) is 15.2. The molecule has 1 aromatic rings. The van der Waals surface area contributed by atoms with Crippen LogP contribution in [0.15, 0.2) is 18.2 Å². The Bertz CT molecular complexity index is 548. The highest BCUT2D eigenvalue weighted by atomic mass is 16.5. The summed E-state index contributed by atoms with van der Waals surface area (Å²) in [6.07, 6.45) is 3.79. The van der Waals surface area contributed by atoms with Crippen molar-refractivity contribution < 1.29 is 9.53 Å². The number of carbonyl (C=O) groups is 1. The predicted octanol–water partition coefficient (Wildman–Crippen LogP) is 3.40. The van der Waals surface area contributed by atoms with Gasteiger partial charge >= 0.3 is 5.97 Å². The highest BCUT2D eigenvalue weighted by Crippen LogP contribution is 2.29. The maximum absolute atomic E-state index is 11.9. The van der Waals surface area contributed by atoms with E-state index in [2.05, 4.69) is 11.4 Å². The summed E-state index contributed by atoms with van der Waals surface area (Å²) >= 11 is 0. The van der Waals surface area contributed by atoms with Crippen LogP contribution in [0.4, 0.5) is 5.69 Å². The van der Waals surface area contributed by atoms with Crippen molar-refractivity contribution in [2.45, 2.75) is 45.6 Å². The lowest BCUT2D eigenvalue weighted by molar-refractivity contribution is -0.149. The van der Waals surface area contributed by atoms with Crippen LogP contribution in [0.25, 0.3) is 0 Å². The number of ether oxygens (including phenoxy) is 1. The highest BCUT2D eigenvalue weighted by molar-refractivity contribution is 5.72. The average molecular weight is 286 g/mol. The third-order valence-corrected chi connectivity index (χ3v) is 4.02. The zero-order valence-electron chi connectivity index (χ0n) is 12.7. The smallest absolute Gasteiger partial charge is 0.308 e. The number of hydrogen-bond acceptors (Lipinski definition) is 4. The number of esters is 1. The molecule has 0 aromatic heterocycles. The Hall–Kier alpha value is -2.02. The van der Waals surface area contributed by atoms with Crippen molar-refractivity contribution >= 4 is 11.7 Å². The normalized spacial score (nSPS) is 21.4. The summed E-state index contributed by atoms with van der Waals surface area (Å²) in [5.74, 6) is -0.0813. The van der Waals surface area contributed by atoms with E-state index in [0.717, 1.165) is 36.9 Å². The number of rotatable bonds is 4. The number of hydrogen-bond donors (Lipinski definition) is 1.